The van der Waals surface area contributed by atoms with E-state index in [0.29, 0.717) is 19.4 Å². The number of rotatable bonds is 7. The Morgan fingerprint density at radius 3 is 2.09 bits per heavy atom. The molecule has 0 saturated carbocycles. The predicted molar refractivity (Wildman–Crippen MR) is 127 cm³/mol. The summed E-state index contributed by atoms with van der Waals surface area (Å²) in [5.41, 5.74) is 2.51. The van der Waals surface area contributed by atoms with Gasteiger partial charge in [0.05, 0.1) is 0 Å². The minimum absolute atomic E-state index is 0.153. The zero-order valence-electron chi connectivity index (χ0n) is 18.9. The molecule has 2 amide bonds. The van der Waals surface area contributed by atoms with Crippen LogP contribution in [0, 0.1) is 5.92 Å². The van der Waals surface area contributed by atoms with Gasteiger partial charge in [-0.05, 0) is 42.7 Å². The van der Waals surface area contributed by atoms with E-state index < -0.39 is 0 Å². The minimum Gasteiger partial charge on any atom is -0.353 e. The largest absolute Gasteiger partial charge is 0.353 e. The van der Waals surface area contributed by atoms with E-state index in [9.17, 15) is 9.59 Å². The molecule has 2 aliphatic rings. The van der Waals surface area contributed by atoms with Crippen LogP contribution in [0.25, 0.3) is 0 Å². The molecule has 2 aromatic carbocycles. The second-order valence-electron chi connectivity index (χ2n) is 9.30. The Labute approximate surface area is 191 Å². The summed E-state index contributed by atoms with van der Waals surface area (Å²) in [6.07, 6.45) is 4.81. The summed E-state index contributed by atoms with van der Waals surface area (Å²) in [6, 6.07) is 21.0. The van der Waals surface area contributed by atoms with Crippen LogP contribution in [0.3, 0.4) is 0 Å². The summed E-state index contributed by atoms with van der Waals surface area (Å²) < 4.78 is 0. The first kappa shape index (κ1) is 22.5. The van der Waals surface area contributed by atoms with Gasteiger partial charge in [0.25, 0.3) is 0 Å². The number of carbonyl (C=O) groups excluding carboxylic acids is 2. The highest BCUT2D eigenvalue weighted by Gasteiger charge is 2.26. The van der Waals surface area contributed by atoms with Crippen molar-refractivity contribution < 1.29 is 9.59 Å². The van der Waals surface area contributed by atoms with Gasteiger partial charge in [0.2, 0.25) is 11.8 Å². The Hall–Kier alpha value is -2.66. The van der Waals surface area contributed by atoms with Crippen LogP contribution in [0.5, 0.6) is 0 Å². The van der Waals surface area contributed by atoms with Crippen LogP contribution in [-0.4, -0.2) is 47.3 Å². The molecule has 1 atom stereocenters. The van der Waals surface area contributed by atoms with Gasteiger partial charge in [-0.2, -0.15) is 0 Å². The second-order valence-corrected chi connectivity index (χ2v) is 9.30. The number of hydrogen-bond donors (Lipinski definition) is 1. The van der Waals surface area contributed by atoms with Gasteiger partial charge >= 0.3 is 0 Å². The number of carbonyl (C=O) groups is 2. The predicted octanol–water partition coefficient (Wildman–Crippen LogP) is 3.99. The maximum atomic E-state index is 12.7. The van der Waals surface area contributed by atoms with E-state index in [2.05, 4.69) is 52.7 Å². The van der Waals surface area contributed by atoms with E-state index >= 15 is 0 Å². The summed E-state index contributed by atoms with van der Waals surface area (Å²) in [7, 11) is 0. The first-order chi connectivity index (χ1) is 15.7. The molecule has 32 heavy (non-hydrogen) atoms. The van der Waals surface area contributed by atoms with Crippen LogP contribution < -0.4 is 5.32 Å². The Bertz CT molecular complexity index is 863. The molecule has 0 aromatic heterocycles. The fraction of sp³-hybridized carbons (Fsp3) is 0.481. The highest BCUT2D eigenvalue weighted by atomic mass is 16.2. The molecule has 0 bridgehead atoms. The van der Waals surface area contributed by atoms with Crippen LogP contribution in [0.2, 0.25) is 0 Å². The molecular weight excluding hydrogens is 398 g/mol. The molecule has 0 spiro atoms. The molecule has 1 N–H and O–H groups in total. The first-order valence-corrected chi connectivity index (χ1v) is 12.0. The van der Waals surface area contributed by atoms with Gasteiger partial charge < -0.3 is 10.2 Å². The third-order valence-corrected chi connectivity index (χ3v) is 6.82. The molecule has 0 radical (unpaired) electrons. The molecule has 2 fully saturated rings. The van der Waals surface area contributed by atoms with E-state index in [-0.39, 0.29) is 23.8 Å². The van der Waals surface area contributed by atoms with Crippen LogP contribution in [0.15, 0.2) is 60.7 Å². The Morgan fingerprint density at radius 1 is 0.812 bits per heavy atom. The Morgan fingerprint density at radius 2 is 1.44 bits per heavy atom. The lowest BCUT2D eigenvalue weighted by molar-refractivity contribution is -0.131. The smallest absolute Gasteiger partial charge is 0.222 e. The lowest BCUT2D eigenvalue weighted by Gasteiger charge is -2.32. The monoisotopic (exact) mass is 433 g/mol. The summed E-state index contributed by atoms with van der Waals surface area (Å²) >= 11 is 0. The quantitative estimate of drug-likeness (QED) is 0.718. The number of hydrogen-bond acceptors (Lipinski definition) is 3. The topological polar surface area (TPSA) is 52.7 Å². The van der Waals surface area contributed by atoms with Crippen molar-refractivity contribution in [2.75, 3.05) is 19.6 Å². The lowest BCUT2D eigenvalue weighted by atomic mass is 9.96. The lowest BCUT2D eigenvalue weighted by Crippen LogP contribution is -2.44. The fourth-order valence-electron chi connectivity index (χ4n) is 4.89. The van der Waals surface area contributed by atoms with Gasteiger partial charge in [-0.15, -0.1) is 0 Å². The molecule has 2 saturated heterocycles. The van der Waals surface area contributed by atoms with Gasteiger partial charge in [-0.25, -0.2) is 0 Å². The standard InChI is InChI=1S/C27H35N3O2/c31-26(28-25-14-16-29(17-15-25)20-23-7-3-1-4-8-23)19-22-11-12-27(32)30(18-13-22)21-24-9-5-2-6-10-24/h1-10,22,25H,11-21H2,(H,28,31). The third kappa shape index (κ3) is 6.67. The average molecular weight is 434 g/mol. The van der Waals surface area contributed by atoms with Gasteiger partial charge in [-0.1, -0.05) is 60.7 Å². The van der Waals surface area contributed by atoms with Crippen molar-refractivity contribution in [2.24, 2.45) is 5.92 Å². The van der Waals surface area contributed by atoms with E-state index in [1.807, 2.05) is 23.1 Å². The van der Waals surface area contributed by atoms with Crippen LogP contribution in [0.1, 0.15) is 49.7 Å². The van der Waals surface area contributed by atoms with Crippen molar-refractivity contribution in [1.29, 1.82) is 0 Å². The van der Waals surface area contributed by atoms with Gasteiger partial charge in [0.15, 0.2) is 0 Å². The van der Waals surface area contributed by atoms with Gasteiger partial charge in [-0.3, -0.25) is 14.5 Å². The molecule has 2 heterocycles. The van der Waals surface area contributed by atoms with Crippen molar-refractivity contribution in [1.82, 2.24) is 15.1 Å². The summed E-state index contributed by atoms with van der Waals surface area (Å²) in [5.74, 6) is 0.654. The number of nitrogens with zero attached hydrogens (tertiary/aromatic N) is 2. The van der Waals surface area contributed by atoms with Crippen molar-refractivity contribution in [3.63, 3.8) is 0 Å². The van der Waals surface area contributed by atoms with Crippen molar-refractivity contribution >= 4 is 11.8 Å². The second kappa shape index (κ2) is 11.3. The summed E-state index contributed by atoms with van der Waals surface area (Å²) in [4.78, 5) is 29.7. The van der Waals surface area contributed by atoms with E-state index in [1.54, 1.807) is 0 Å². The molecule has 170 valence electrons. The van der Waals surface area contributed by atoms with Crippen molar-refractivity contribution in [3.05, 3.63) is 71.8 Å². The van der Waals surface area contributed by atoms with Crippen LogP contribution in [0.4, 0.5) is 0 Å². The number of amides is 2. The zero-order valence-corrected chi connectivity index (χ0v) is 18.9. The molecule has 4 rings (SSSR count). The van der Waals surface area contributed by atoms with E-state index in [1.165, 1.54) is 5.56 Å². The molecule has 1 unspecified atom stereocenters. The minimum atomic E-state index is 0.153. The number of piperidine rings is 1. The highest BCUT2D eigenvalue weighted by molar-refractivity contribution is 5.78. The van der Waals surface area contributed by atoms with Gasteiger partial charge in [0, 0.05) is 51.6 Å². The molecule has 5 heteroatoms. The number of benzene rings is 2. The van der Waals surface area contributed by atoms with Crippen molar-refractivity contribution in [3.8, 4) is 0 Å². The van der Waals surface area contributed by atoms with E-state index in [4.69, 9.17) is 0 Å². The molecule has 0 aliphatic carbocycles. The fourth-order valence-corrected chi connectivity index (χ4v) is 4.89. The average Bonchev–Trinajstić information content (AvgIpc) is 2.98. The highest BCUT2D eigenvalue weighted by Crippen LogP contribution is 2.23. The first-order valence-electron chi connectivity index (χ1n) is 12.0. The number of likely N-dealkylation sites (tertiary alicyclic amines) is 2. The van der Waals surface area contributed by atoms with Crippen molar-refractivity contribution in [2.45, 2.75) is 57.7 Å². The summed E-state index contributed by atoms with van der Waals surface area (Å²) in [5, 5.41) is 3.27. The van der Waals surface area contributed by atoms with Crippen LogP contribution >= 0.6 is 0 Å². The maximum absolute atomic E-state index is 12.7. The Balaban J connectivity index is 1.18. The molecular formula is C27H35N3O2. The van der Waals surface area contributed by atoms with E-state index in [0.717, 1.165) is 57.4 Å². The molecule has 5 nitrogen and oxygen atoms in total. The zero-order chi connectivity index (χ0) is 22.2. The maximum Gasteiger partial charge on any atom is 0.222 e. The van der Waals surface area contributed by atoms with Gasteiger partial charge in [0.1, 0.15) is 0 Å². The number of nitrogens with one attached hydrogen (secondary N) is 1. The SMILES string of the molecule is O=C(CC1CCC(=O)N(Cc2ccccc2)CC1)NC1CCN(Cc2ccccc2)CC1. The molecule has 2 aromatic rings. The Kier molecular flexibility index (Phi) is 7.94. The summed E-state index contributed by atoms with van der Waals surface area (Å²) in [6.45, 7) is 4.43. The third-order valence-electron chi connectivity index (χ3n) is 6.82. The normalized spacial score (nSPS) is 20.7. The van der Waals surface area contributed by atoms with Crippen LogP contribution in [-0.2, 0) is 22.7 Å². The molecule has 2 aliphatic heterocycles.